The first-order valence-electron chi connectivity index (χ1n) is 7.17. The van der Waals surface area contributed by atoms with Gasteiger partial charge in [-0.3, -0.25) is 0 Å². The molecular formula is C18H18I2O4. The maximum Gasteiger partial charge on any atom is 0.171 e. The van der Waals surface area contributed by atoms with Gasteiger partial charge >= 0.3 is 0 Å². The third kappa shape index (κ3) is 4.27. The second kappa shape index (κ2) is 8.28. The van der Waals surface area contributed by atoms with E-state index >= 15 is 0 Å². The fourth-order valence-electron chi connectivity index (χ4n) is 2.30. The number of phenols is 2. The van der Waals surface area contributed by atoms with Crippen molar-refractivity contribution in [3.05, 3.63) is 49.1 Å². The molecule has 4 nitrogen and oxygen atoms in total. The summed E-state index contributed by atoms with van der Waals surface area (Å²) in [6.45, 7) is 4.15. The number of aromatic hydroxyl groups is 2. The van der Waals surface area contributed by atoms with Gasteiger partial charge in [-0.25, -0.2) is 0 Å². The molecule has 0 saturated carbocycles. The largest absolute Gasteiger partial charge is 0.504 e. The Morgan fingerprint density at radius 1 is 0.958 bits per heavy atom. The van der Waals surface area contributed by atoms with Crippen molar-refractivity contribution >= 4 is 50.8 Å². The molecule has 0 atom stereocenters. The van der Waals surface area contributed by atoms with Crippen LogP contribution in [0.25, 0.3) is 5.57 Å². The molecule has 0 saturated heterocycles. The van der Waals surface area contributed by atoms with E-state index in [4.69, 9.17) is 9.47 Å². The van der Waals surface area contributed by atoms with E-state index in [1.807, 2.05) is 18.2 Å². The lowest BCUT2D eigenvalue weighted by Crippen LogP contribution is -1.94. The number of allylic oxidation sites excluding steroid dienone is 1. The number of methoxy groups -OCH3 is 2. The van der Waals surface area contributed by atoms with Gasteiger partial charge in [0.1, 0.15) is 0 Å². The van der Waals surface area contributed by atoms with Gasteiger partial charge in [0.05, 0.1) is 21.4 Å². The van der Waals surface area contributed by atoms with E-state index in [0.717, 1.165) is 36.7 Å². The van der Waals surface area contributed by atoms with Crippen molar-refractivity contribution in [1.82, 2.24) is 0 Å². The van der Waals surface area contributed by atoms with E-state index < -0.39 is 0 Å². The third-order valence-electron chi connectivity index (χ3n) is 3.68. The normalized spacial score (nSPS) is 10.5. The Labute approximate surface area is 168 Å². The second-order valence-corrected chi connectivity index (χ2v) is 7.57. The average Bonchev–Trinajstić information content (AvgIpc) is 2.57. The van der Waals surface area contributed by atoms with Gasteiger partial charge in [-0.15, -0.1) is 0 Å². The van der Waals surface area contributed by atoms with Crippen LogP contribution in [-0.4, -0.2) is 24.4 Å². The van der Waals surface area contributed by atoms with Gasteiger partial charge in [0.15, 0.2) is 23.0 Å². The Morgan fingerprint density at radius 2 is 1.50 bits per heavy atom. The van der Waals surface area contributed by atoms with Crippen molar-refractivity contribution in [2.24, 2.45) is 0 Å². The van der Waals surface area contributed by atoms with E-state index in [1.54, 1.807) is 13.2 Å². The minimum absolute atomic E-state index is 0.146. The number of hydrogen-bond donors (Lipinski definition) is 2. The summed E-state index contributed by atoms with van der Waals surface area (Å²) in [4.78, 5) is 0. The molecule has 0 amide bonds. The van der Waals surface area contributed by atoms with E-state index in [0.29, 0.717) is 11.5 Å². The van der Waals surface area contributed by atoms with Crippen LogP contribution >= 0.6 is 45.2 Å². The zero-order chi connectivity index (χ0) is 17.9. The quantitative estimate of drug-likeness (QED) is 0.498. The number of rotatable bonds is 6. The predicted octanol–water partition coefficient (Wildman–Crippen LogP) is 4.97. The monoisotopic (exact) mass is 552 g/mol. The minimum Gasteiger partial charge on any atom is -0.504 e. The van der Waals surface area contributed by atoms with Gasteiger partial charge in [0.2, 0.25) is 0 Å². The van der Waals surface area contributed by atoms with Crippen molar-refractivity contribution < 1.29 is 19.7 Å². The molecule has 0 aromatic heterocycles. The van der Waals surface area contributed by atoms with E-state index in [9.17, 15) is 10.2 Å². The minimum atomic E-state index is 0.146. The van der Waals surface area contributed by atoms with Crippen LogP contribution in [-0.2, 0) is 6.42 Å². The summed E-state index contributed by atoms with van der Waals surface area (Å²) in [7, 11) is 3.07. The standard InChI is InChI=1S/C18H18I2O4/c1-10(12-8-14(20)18(22)16(9-12)24-3)4-5-11-6-13(19)17(21)15(7-11)23-2/h6-9,21-22H,1,4-5H2,2-3H3. The highest BCUT2D eigenvalue weighted by Gasteiger charge is 2.12. The van der Waals surface area contributed by atoms with Gasteiger partial charge in [0.25, 0.3) is 0 Å². The van der Waals surface area contributed by atoms with Crippen LogP contribution in [0, 0.1) is 7.14 Å². The molecule has 2 aromatic carbocycles. The summed E-state index contributed by atoms with van der Waals surface area (Å²) in [5, 5.41) is 19.8. The molecule has 0 heterocycles. The van der Waals surface area contributed by atoms with Crippen molar-refractivity contribution in [3.63, 3.8) is 0 Å². The van der Waals surface area contributed by atoms with Gasteiger partial charge in [-0.2, -0.15) is 0 Å². The number of hydrogen-bond acceptors (Lipinski definition) is 4. The Morgan fingerprint density at radius 3 is 2.08 bits per heavy atom. The summed E-state index contributed by atoms with van der Waals surface area (Å²) >= 11 is 4.16. The highest BCUT2D eigenvalue weighted by molar-refractivity contribution is 14.1. The van der Waals surface area contributed by atoms with Crippen molar-refractivity contribution in [2.45, 2.75) is 12.8 Å². The molecule has 0 aliphatic carbocycles. The molecule has 24 heavy (non-hydrogen) atoms. The molecule has 0 fully saturated rings. The van der Waals surface area contributed by atoms with Crippen molar-refractivity contribution in [3.8, 4) is 23.0 Å². The molecule has 0 bridgehead atoms. The van der Waals surface area contributed by atoms with Gasteiger partial charge in [-0.1, -0.05) is 6.58 Å². The average molecular weight is 552 g/mol. The van der Waals surface area contributed by atoms with Crippen LogP contribution in [0.15, 0.2) is 30.8 Å². The summed E-state index contributed by atoms with van der Waals surface area (Å²) in [5.41, 5.74) is 2.96. The maximum atomic E-state index is 9.93. The number of aryl methyl sites for hydroxylation is 1. The lowest BCUT2D eigenvalue weighted by Gasteiger charge is -2.12. The first-order valence-corrected chi connectivity index (χ1v) is 9.33. The molecule has 2 aromatic rings. The van der Waals surface area contributed by atoms with Crippen LogP contribution < -0.4 is 9.47 Å². The molecule has 0 spiro atoms. The molecule has 128 valence electrons. The van der Waals surface area contributed by atoms with Crippen LogP contribution in [0.3, 0.4) is 0 Å². The van der Waals surface area contributed by atoms with E-state index in [2.05, 4.69) is 51.8 Å². The summed E-state index contributed by atoms with van der Waals surface area (Å²) in [6.07, 6.45) is 1.51. The fourth-order valence-corrected chi connectivity index (χ4v) is 3.57. The Balaban J connectivity index is 2.17. The lowest BCUT2D eigenvalue weighted by atomic mass is 9.99. The topological polar surface area (TPSA) is 58.9 Å². The second-order valence-electron chi connectivity index (χ2n) is 5.24. The van der Waals surface area contributed by atoms with Crippen LogP contribution in [0.5, 0.6) is 23.0 Å². The Hall–Kier alpha value is -1.16. The van der Waals surface area contributed by atoms with Crippen LogP contribution in [0.4, 0.5) is 0 Å². The molecular weight excluding hydrogens is 534 g/mol. The zero-order valence-electron chi connectivity index (χ0n) is 13.4. The molecule has 2 rings (SSSR count). The lowest BCUT2D eigenvalue weighted by molar-refractivity contribution is 0.371. The molecule has 0 aliphatic rings. The van der Waals surface area contributed by atoms with Crippen molar-refractivity contribution in [2.75, 3.05) is 14.2 Å². The fraction of sp³-hybridized carbons (Fsp3) is 0.222. The van der Waals surface area contributed by atoms with E-state index in [1.165, 1.54) is 7.11 Å². The smallest absolute Gasteiger partial charge is 0.171 e. The SMILES string of the molecule is C=C(CCc1cc(I)c(O)c(OC)c1)c1cc(I)c(O)c(OC)c1. The van der Waals surface area contributed by atoms with Gasteiger partial charge in [-0.05, 0) is 99.0 Å². The Bertz CT molecular complexity index is 772. The number of benzene rings is 2. The number of phenolic OH excluding ortho intramolecular Hbond substituents is 2. The third-order valence-corrected chi connectivity index (χ3v) is 5.32. The number of ether oxygens (including phenoxy) is 2. The summed E-state index contributed by atoms with van der Waals surface area (Å²) in [6, 6.07) is 7.46. The first kappa shape index (κ1) is 19.2. The molecule has 0 unspecified atom stereocenters. The summed E-state index contributed by atoms with van der Waals surface area (Å²) in [5.74, 6) is 1.23. The van der Waals surface area contributed by atoms with Gasteiger partial charge < -0.3 is 19.7 Å². The predicted molar refractivity (Wildman–Crippen MR) is 112 cm³/mol. The van der Waals surface area contributed by atoms with Crippen LogP contribution in [0.1, 0.15) is 17.5 Å². The molecule has 0 radical (unpaired) electrons. The van der Waals surface area contributed by atoms with Crippen molar-refractivity contribution in [1.29, 1.82) is 0 Å². The summed E-state index contributed by atoms with van der Waals surface area (Å²) < 4.78 is 11.9. The molecule has 0 aliphatic heterocycles. The molecule has 2 N–H and O–H groups in total. The first-order chi connectivity index (χ1) is 11.4. The highest BCUT2D eigenvalue weighted by Crippen LogP contribution is 2.36. The molecule has 6 heteroatoms. The highest BCUT2D eigenvalue weighted by atomic mass is 127. The van der Waals surface area contributed by atoms with E-state index in [-0.39, 0.29) is 11.5 Å². The van der Waals surface area contributed by atoms with Gasteiger partial charge in [0, 0.05) is 0 Å². The Kier molecular flexibility index (Phi) is 6.62. The maximum absolute atomic E-state index is 9.93. The zero-order valence-corrected chi connectivity index (χ0v) is 17.7. The van der Waals surface area contributed by atoms with Crippen LogP contribution in [0.2, 0.25) is 0 Å². The number of halogens is 2.